The number of aromatic nitrogens is 1. The summed E-state index contributed by atoms with van der Waals surface area (Å²) in [5.74, 6) is -0.646. The first-order valence-corrected chi connectivity index (χ1v) is 6.71. The number of thiazole rings is 1. The Kier molecular flexibility index (Phi) is 4.31. The molecule has 0 aliphatic carbocycles. The molecule has 2 N–H and O–H groups in total. The van der Waals surface area contributed by atoms with Gasteiger partial charge in [-0.1, -0.05) is 23.7 Å². The van der Waals surface area contributed by atoms with E-state index in [1.54, 1.807) is 0 Å². The molecule has 108 valence electrons. The second-order valence-electron chi connectivity index (χ2n) is 3.97. The summed E-state index contributed by atoms with van der Waals surface area (Å²) in [6.07, 6.45) is -4.61. The zero-order valence-electron chi connectivity index (χ0n) is 9.97. The van der Waals surface area contributed by atoms with Crippen LogP contribution in [0.1, 0.15) is 21.1 Å². The molecule has 0 spiro atoms. The Labute approximate surface area is 121 Å². The first kappa shape index (κ1) is 15.2. The zero-order valence-corrected chi connectivity index (χ0v) is 11.5. The summed E-state index contributed by atoms with van der Waals surface area (Å²) in [5.41, 5.74) is 4.48. The third-order valence-electron chi connectivity index (χ3n) is 2.57. The fraction of sp³-hybridized carbons (Fsp3) is 0.250. The van der Waals surface area contributed by atoms with E-state index in [2.05, 4.69) is 4.98 Å². The fourth-order valence-corrected chi connectivity index (χ4v) is 2.87. The van der Waals surface area contributed by atoms with Crippen molar-refractivity contribution >= 4 is 22.9 Å². The molecule has 0 saturated heterocycles. The number of hydrogen-bond donors (Lipinski definition) is 1. The molecule has 0 unspecified atom stereocenters. The van der Waals surface area contributed by atoms with Crippen LogP contribution in [0.2, 0.25) is 5.02 Å². The van der Waals surface area contributed by atoms with Gasteiger partial charge in [0.05, 0.1) is 14.9 Å². The zero-order chi connectivity index (χ0) is 14.9. The van der Waals surface area contributed by atoms with E-state index >= 15 is 0 Å². The molecule has 20 heavy (non-hydrogen) atoms. The topological polar surface area (TPSA) is 38.9 Å². The van der Waals surface area contributed by atoms with Gasteiger partial charge in [0.2, 0.25) is 0 Å². The largest absolute Gasteiger partial charge is 0.434 e. The first-order valence-electron chi connectivity index (χ1n) is 5.51. The molecular weight excluding hydrogens is 316 g/mol. The van der Waals surface area contributed by atoms with Crippen molar-refractivity contribution < 1.29 is 17.6 Å². The molecule has 1 aromatic carbocycles. The number of benzene rings is 1. The Morgan fingerprint density at radius 1 is 1.30 bits per heavy atom. The Balaban J connectivity index is 2.35. The Hall–Kier alpha value is -1.18. The lowest BCUT2D eigenvalue weighted by Gasteiger charge is -2.03. The molecule has 0 aliphatic heterocycles. The highest BCUT2D eigenvalue weighted by Gasteiger charge is 2.37. The summed E-state index contributed by atoms with van der Waals surface area (Å²) in [4.78, 5) is 3.46. The van der Waals surface area contributed by atoms with Crippen molar-refractivity contribution in [3.8, 4) is 0 Å². The van der Waals surface area contributed by atoms with Crippen LogP contribution in [0.15, 0.2) is 18.2 Å². The van der Waals surface area contributed by atoms with E-state index < -0.39 is 17.7 Å². The average molecular weight is 325 g/mol. The second kappa shape index (κ2) is 5.67. The summed E-state index contributed by atoms with van der Waals surface area (Å²) in [6.45, 7) is -0.259. The van der Waals surface area contributed by atoms with E-state index in [1.807, 2.05) is 0 Å². The highest BCUT2D eigenvalue weighted by atomic mass is 35.5. The lowest BCUT2D eigenvalue weighted by molar-refractivity contribution is -0.141. The van der Waals surface area contributed by atoms with E-state index in [9.17, 15) is 17.6 Å². The van der Waals surface area contributed by atoms with Crippen LogP contribution >= 0.6 is 22.9 Å². The van der Waals surface area contributed by atoms with Crippen molar-refractivity contribution in [2.24, 2.45) is 5.73 Å². The van der Waals surface area contributed by atoms with Crippen molar-refractivity contribution in [3.63, 3.8) is 0 Å². The number of hydrogen-bond acceptors (Lipinski definition) is 3. The van der Waals surface area contributed by atoms with Crippen LogP contribution in [0.25, 0.3) is 0 Å². The number of nitrogens with two attached hydrogens (primary N) is 1. The van der Waals surface area contributed by atoms with Crippen molar-refractivity contribution in [2.45, 2.75) is 19.1 Å². The highest BCUT2D eigenvalue weighted by Crippen LogP contribution is 2.35. The predicted molar refractivity (Wildman–Crippen MR) is 69.2 cm³/mol. The van der Waals surface area contributed by atoms with Gasteiger partial charge in [-0.05, 0) is 11.6 Å². The lowest BCUT2D eigenvalue weighted by Crippen LogP contribution is -2.10. The Bertz CT molecular complexity index is 624. The van der Waals surface area contributed by atoms with Gasteiger partial charge in [0.1, 0.15) is 5.82 Å². The standard InChI is InChI=1S/C12H9ClF4N2S/c13-7-3-1-2-6(10(7)14)4-9-19-11(12(15,16)17)8(5-18)20-9/h1-3H,4-5,18H2. The SMILES string of the molecule is NCc1sc(Cc2cccc(Cl)c2F)nc1C(F)(F)F. The van der Waals surface area contributed by atoms with Crippen LogP contribution < -0.4 is 5.73 Å². The van der Waals surface area contributed by atoms with E-state index in [0.29, 0.717) is 0 Å². The molecule has 2 nitrogen and oxygen atoms in total. The third-order valence-corrected chi connectivity index (χ3v) is 3.94. The maximum atomic E-state index is 13.7. The van der Waals surface area contributed by atoms with Gasteiger partial charge in [-0.3, -0.25) is 0 Å². The van der Waals surface area contributed by atoms with E-state index in [-0.39, 0.29) is 33.4 Å². The molecule has 0 fully saturated rings. The minimum Gasteiger partial charge on any atom is -0.326 e. The van der Waals surface area contributed by atoms with Crippen LogP contribution in [0.5, 0.6) is 0 Å². The van der Waals surface area contributed by atoms with Crippen molar-refractivity contribution in [3.05, 3.63) is 50.2 Å². The van der Waals surface area contributed by atoms with Crippen LogP contribution in [0, 0.1) is 5.82 Å². The number of nitrogens with zero attached hydrogens (tertiary/aromatic N) is 1. The molecule has 0 atom stereocenters. The smallest absolute Gasteiger partial charge is 0.326 e. The summed E-state index contributed by atoms with van der Waals surface area (Å²) in [6, 6.07) is 4.36. The van der Waals surface area contributed by atoms with Crippen LogP contribution in [-0.2, 0) is 19.1 Å². The Morgan fingerprint density at radius 2 is 2.00 bits per heavy atom. The molecule has 1 heterocycles. The number of alkyl halides is 3. The monoisotopic (exact) mass is 324 g/mol. The maximum Gasteiger partial charge on any atom is 0.434 e. The Morgan fingerprint density at radius 3 is 2.55 bits per heavy atom. The minimum absolute atomic E-state index is 0.0554. The van der Waals surface area contributed by atoms with Gasteiger partial charge in [0.15, 0.2) is 5.69 Å². The molecular formula is C12H9ClF4N2S. The third kappa shape index (κ3) is 3.11. The molecule has 0 bridgehead atoms. The maximum absolute atomic E-state index is 13.7. The molecule has 2 rings (SSSR count). The molecule has 0 aliphatic rings. The first-order chi connectivity index (χ1) is 9.32. The molecule has 8 heteroatoms. The number of halogens is 5. The molecule has 0 radical (unpaired) electrons. The minimum atomic E-state index is -4.56. The molecule has 1 aromatic heterocycles. The quantitative estimate of drug-likeness (QED) is 0.867. The molecule has 0 saturated carbocycles. The summed E-state index contributed by atoms with van der Waals surface area (Å²) < 4.78 is 51.9. The van der Waals surface area contributed by atoms with Gasteiger partial charge < -0.3 is 5.73 Å². The lowest BCUT2D eigenvalue weighted by atomic mass is 10.1. The van der Waals surface area contributed by atoms with Gasteiger partial charge in [0.25, 0.3) is 0 Å². The highest BCUT2D eigenvalue weighted by molar-refractivity contribution is 7.11. The van der Waals surface area contributed by atoms with E-state index in [0.717, 1.165) is 11.3 Å². The summed E-state index contributed by atoms with van der Waals surface area (Å²) in [7, 11) is 0. The van der Waals surface area contributed by atoms with Gasteiger partial charge in [-0.2, -0.15) is 13.2 Å². The van der Waals surface area contributed by atoms with Crippen LogP contribution in [-0.4, -0.2) is 4.98 Å². The predicted octanol–water partition coefficient (Wildman–Crippen LogP) is 4.00. The van der Waals surface area contributed by atoms with Crippen LogP contribution in [0.3, 0.4) is 0 Å². The molecule has 2 aromatic rings. The number of rotatable bonds is 3. The van der Waals surface area contributed by atoms with Crippen LogP contribution in [0.4, 0.5) is 17.6 Å². The average Bonchev–Trinajstić information content (AvgIpc) is 2.78. The van der Waals surface area contributed by atoms with E-state index in [1.165, 1.54) is 18.2 Å². The van der Waals surface area contributed by atoms with E-state index in [4.69, 9.17) is 17.3 Å². The van der Waals surface area contributed by atoms with Crippen molar-refractivity contribution in [1.82, 2.24) is 4.98 Å². The van der Waals surface area contributed by atoms with Gasteiger partial charge >= 0.3 is 6.18 Å². The second-order valence-corrected chi connectivity index (χ2v) is 5.55. The van der Waals surface area contributed by atoms with Gasteiger partial charge in [0, 0.05) is 13.0 Å². The molecule has 0 amide bonds. The van der Waals surface area contributed by atoms with Crippen molar-refractivity contribution in [1.29, 1.82) is 0 Å². The van der Waals surface area contributed by atoms with Gasteiger partial charge in [-0.15, -0.1) is 11.3 Å². The van der Waals surface area contributed by atoms with Crippen molar-refractivity contribution in [2.75, 3.05) is 0 Å². The summed E-state index contributed by atoms with van der Waals surface area (Å²) in [5, 5.41) is 0.0769. The fourth-order valence-electron chi connectivity index (χ4n) is 1.68. The normalized spacial score (nSPS) is 11.9. The van der Waals surface area contributed by atoms with Gasteiger partial charge in [-0.25, -0.2) is 9.37 Å². The summed E-state index contributed by atoms with van der Waals surface area (Å²) >= 11 is 6.45.